The van der Waals surface area contributed by atoms with Gasteiger partial charge in [-0.15, -0.1) is 0 Å². The lowest BCUT2D eigenvalue weighted by atomic mass is 10.1. The van der Waals surface area contributed by atoms with Gasteiger partial charge in [0.25, 0.3) is 0 Å². The van der Waals surface area contributed by atoms with Crippen molar-refractivity contribution in [2.24, 2.45) is 5.73 Å². The number of hydrogen-bond donors (Lipinski definition) is 1. The maximum Gasteiger partial charge on any atom is 0.410 e. The predicted molar refractivity (Wildman–Crippen MR) is 72.7 cm³/mol. The van der Waals surface area contributed by atoms with Gasteiger partial charge in [0.2, 0.25) is 5.91 Å². The largest absolute Gasteiger partial charge is 0.444 e. The van der Waals surface area contributed by atoms with E-state index in [2.05, 4.69) is 0 Å². The van der Waals surface area contributed by atoms with Gasteiger partial charge in [-0.2, -0.15) is 0 Å². The summed E-state index contributed by atoms with van der Waals surface area (Å²) in [4.78, 5) is 24.3. The molecule has 0 aliphatic heterocycles. The highest BCUT2D eigenvalue weighted by molar-refractivity contribution is 5.92. The van der Waals surface area contributed by atoms with Crippen molar-refractivity contribution >= 4 is 12.0 Å². The summed E-state index contributed by atoms with van der Waals surface area (Å²) in [7, 11) is 1.64. The molecule has 2 amide bonds. The Morgan fingerprint density at radius 1 is 1.32 bits per heavy atom. The van der Waals surface area contributed by atoms with Gasteiger partial charge >= 0.3 is 6.09 Å². The smallest absolute Gasteiger partial charge is 0.410 e. The number of carbonyl (C=O) groups excluding carboxylic acids is 2. The zero-order valence-electron chi connectivity index (χ0n) is 11.8. The molecule has 104 valence electrons. The SMILES string of the molecule is CN(Cc1cccc(C(N)=O)c1)C(=O)OC(C)(C)C. The van der Waals surface area contributed by atoms with E-state index in [9.17, 15) is 9.59 Å². The van der Waals surface area contributed by atoms with Crippen LogP contribution in [0.5, 0.6) is 0 Å². The molecular weight excluding hydrogens is 244 g/mol. The van der Waals surface area contributed by atoms with Crippen molar-refractivity contribution < 1.29 is 14.3 Å². The van der Waals surface area contributed by atoms with E-state index < -0.39 is 17.6 Å². The molecule has 0 saturated heterocycles. The van der Waals surface area contributed by atoms with Gasteiger partial charge < -0.3 is 15.4 Å². The molecule has 0 aliphatic rings. The summed E-state index contributed by atoms with van der Waals surface area (Å²) in [6.07, 6.45) is -0.406. The van der Waals surface area contributed by atoms with Gasteiger partial charge in [0.05, 0.1) is 0 Å². The Labute approximate surface area is 113 Å². The van der Waals surface area contributed by atoms with Gasteiger partial charge in [-0.05, 0) is 38.5 Å². The number of benzene rings is 1. The van der Waals surface area contributed by atoms with Gasteiger partial charge in [-0.25, -0.2) is 4.79 Å². The van der Waals surface area contributed by atoms with Gasteiger partial charge in [-0.1, -0.05) is 12.1 Å². The second-order valence-electron chi connectivity index (χ2n) is 5.40. The van der Waals surface area contributed by atoms with Crippen LogP contribution in [-0.2, 0) is 11.3 Å². The van der Waals surface area contributed by atoms with Gasteiger partial charge in [-0.3, -0.25) is 4.79 Å². The van der Waals surface area contributed by atoms with E-state index >= 15 is 0 Å². The molecule has 5 heteroatoms. The minimum absolute atomic E-state index is 0.357. The van der Waals surface area contributed by atoms with E-state index in [1.165, 1.54) is 4.90 Å². The molecule has 0 aromatic heterocycles. The first-order valence-corrected chi connectivity index (χ1v) is 6.02. The van der Waals surface area contributed by atoms with Crippen molar-refractivity contribution in [2.45, 2.75) is 32.9 Å². The van der Waals surface area contributed by atoms with Crippen molar-refractivity contribution in [2.75, 3.05) is 7.05 Å². The third-order valence-electron chi connectivity index (χ3n) is 2.34. The number of amides is 2. The van der Waals surface area contributed by atoms with Gasteiger partial charge in [0, 0.05) is 19.2 Å². The summed E-state index contributed by atoms with van der Waals surface area (Å²) in [6.45, 7) is 5.79. The zero-order chi connectivity index (χ0) is 14.6. The molecule has 1 aromatic rings. The van der Waals surface area contributed by atoms with E-state index in [1.54, 1.807) is 25.2 Å². The van der Waals surface area contributed by atoms with Crippen LogP contribution in [0.4, 0.5) is 4.79 Å². The maximum absolute atomic E-state index is 11.8. The highest BCUT2D eigenvalue weighted by Crippen LogP contribution is 2.12. The quantitative estimate of drug-likeness (QED) is 0.909. The average Bonchev–Trinajstić information content (AvgIpc) is 2.27. The number of carbonyl (C=O) groups is 2. The number of rotatable bonds is 3. The molecule has 1 rings (SSSR count). The van der Waals surface area contributed by atoms with Crippen LogP contribution in [0.25, 0.3) is 0 Å². The van der Waals surface area contributed by atoms with E-state index in [-0.39, 0.29) is 0 Å². The molecule has 0 unspecified atom stereocenters. The van der Waals surface area contributed by atoms with Crippen LogP contribution < -0.4 is 5.73 Å². The van der Waals surface area contributed by atoms with E-state index in [0.717, 1.165) is 5.56 Å². The van der Waals surface area contributed by atoms with Crippen molar-refractivity contribution in [3.63, 3.8) is 0 Å². The molecule has 0 fully saturated rings. The summed E-state index contributed by atoms with van der Waals surface area (Å²) in [6, 6.07) is 6.87. The van der Waals surface area contributed by atoms with Crippen LogP contribution in [0, 0.1) is 0 Å². The van der Waals surface area contributed by atoms with Crippen LogP contribution in [0.2, 0.25) is 0 Å². The van der Waals surface area contributed by atoms with Gasteiger partial charge in [0.15, 0.2) is 0 Å². The number of nitrogens with zero attached hydrogens (tertiary/aromatic N) is 1. The van der Waals surface area contributed by atoms with Crippen LogP contribution in [0.15, 0.2) is 24.3 Å². The average molecular weight is 264 g/mol. The Balaban J connectivity index is 2.71. The fourth-order valence-corrected chi connectivity index (χ4v) is 1.50. The zero-order valence-corrected chi connectivity index (χ0v) is 11.8. The van der Waals surface area contributed by atoms with Gasteiger partial charge in [0.1, 0.15) is 5.60 Å². The van der Waals surface area contributed by atoms with E-state index in [1.807, 2.05) is 26.8 Å². The Bertz CT molecular complexity index is 478. The maximum atomic E-state index is 11.8. The molecule has 0 radical (unpaired) electrons. The Kier molecular flexibility index (Phi) is 4.53. The summed E-state index contributed by atoms with van der Waals surface area (Å²) < 4.78 is 5.24. The molecule has 0 spiro atoms. The number of hydrogen-bond acceptors (Lipinski definition) is 3. The lowest BCUT2D eigenvalue weighted by Crippen LogP contribution is -2.33. The van der Waals surface area contributed by atoms with Crippen molar-refractivity contribution in [3.05, 3.63) is 35.4 Å². The number of nitrogens with two attached hydrogens (primary N) is 1. The predicted octanol–water partition coefficient (Wildman–Crippen LogP) is 2.15. The Hall–Kier alpha value is -2.04. The molecular formula is C14H20N2O3. The van der Waals surface area contributed by atoms with Crippen molar-refractivity contribution in [3.8, 4) is 0 Å². The van der Waals surface area contributed by atoms with E-state index in [0.29, 0.717) is 12.1 Å². The first kappa shape index (κ1) is 15.0. The van der Waals surface area contributed by atoms with Crippen molar-refractivity contribution in [1.29, 1.82) is 0 Å². The second-order valence-corrected chi connectivity index (χ2v) is 5.40. The molecule has 0 bridgehead atoms. The molecule has 5 nitrogen and oxygen atoms in total. The molecule has 0 heterocycles. The minimum Gasteiger partial charge on any atom is -0.444 e. The molecule has 2 N–H and O–H groups in total. The highest BCUT2D eigenvalue weighted by atomic mass is 16.6. The highest BCUT2D eigenvalue weighted by Gasteiger charge is 2.19. The monoisotopic (exact) mass is 264 g/mol. The summed E-state index contributed by atoms with van der Waals surface area (Å²) in [5.74, 6) is -0.484. The van der Waals surface area contributed by atoms with Crippen LogP contribution in [0.3, 0.4) is 0 Å². The number of ether oxygens (including phenoxy) is 1. The van der Waals surface area contributed by atoms with Crippen LogP contribution >= 0.6 is 0 Å². The normalized spacial score (nSPS) is 10.9. The fraction of sp³-hybridized carbons (Fsp3) is 0.429. The molecule has 19 heavy (non-hydrogen) atoms. The molecule has 0 saturated carbocycles. The molecule has 0 atom stereocenters. The topological polar surface area (TPSA) is 72.6 Å². The van der Waals surface area contributed by atoms with Crippen LogP contribution in [-0.4, -0.2) is 29.5 Å². The number of primary amides is 1. The summed E-state index contributed by atoms with van der Waals surface area (Å²) in [5.41, 5.74) is 5.93. The van der Waals surface area contributed by atoms with E-state index in [4.69, 9.17) is 10.5 Å². The Morgan fingerprint density at radius 2 is 1.95 bits per heavy atom. The molecule has 0 aliphatic carbocycles. The third kappa shape index (κ3) is 4.99. The molecule has 1 aromatic carbocycles. The first-order valence-electron chi connectivity index (χ1n) is 6.02. The Morgan fingerprint density at radius 3 is 2.47 bits per heavy atom. The lowest BCUT2D eigenvalue weighted by Gasteiger charge is -2.24. The second kappa shape index (κ2) is 5.73. The van der Waals surface area contributed by atoms with Crippen molar-refractivity contribution in [1.82, 2.24) is 4.90 Å². The lowest BCUT2D eigenvalue weighted by molar-refractivity contribution is 0.0285. The minimum atomic E-state index is -0.527. The summed E-state index contributed by atoms with van der Waals surface area (Å²) >= 11 is 0. The summed E-state index contributed by atoms with van der Waals surface area (Å²) in [5, 5.41) is 0. The first-order chi connectivity index (χ1) is 8.69. The van der Waals surface area contributed by atoms with Crippen LogP contribution in [0.1, 0.15) is 36.7 Å². The third-order valence-corrected chi connectivity index (χ3v) is 2.34. The standard InChI is InChI=1S/C14H20N2O3/c1-14(2,3)19-13(18)16(4)9-10-6-5-7-11(8-10)12(15)17/h5-8H,9H2,1-4H3,(H2,15,17). The fourth-order valence-electron chi connectivity index (χ4n) is 1.50.